The molecular weight excluding hydrogens is 453 g/mol. The second-order valence-corrected chi connectivity index (χ2v) is 7.88. The minimum atomic E-state index is -4.49. The number of benzene rings is 3. The summed E-state index contributed by atoms with van der Waals surface area (Å²) < 4.78 is 40.5. The fourth-order valence-corrected chi connectivity index (χ4v) is 3.82. The predicted molar refractivity (Wildman–Crippen MR) is 119 cm³/mol. The smallest absolute Gasteiger partial charge is 0.416 e. The maximum Gasteiger partial charge on any atom is 0.416 e. The highest BCUT2D eigenvalue weighted by atomic mass is 32.2. The van der Waals surface area contributed by atoms with Crippen molar-refractivity contribution in [1.29, 1.82) is 0 Å². The third-order valence-corrected chi connectivity index (χ3v) is 5.51. The number of hydrogen-bond acceptors (Lipinski definition) is 5. The van der Waals surface area contributed by atoms with E-state index >= 15 is 0 Å². The van der Waals surface area contributed by atoms with Gasteiger partial charge in [0.1, 0.15) is 5.75 Å². The van der Waals surface area contributed by atoms with E-state index in [-0.39, 0.29) is 17.2 Å². The van der Waals surface area contributed by atoms with Crippen molar-refractivity contribution in [3.05, 3.63) is 84.4 Å². The third kappa shape index (κ3) is 5.35. The average molecular weight is 470 g/mol. The number of rotatable bonds is 6. The Morgan fingerprint density at radius 3 is 2.39 bits per heavy atom. The van der Waals surface area contributed by atoms with Crippen LogP contribution in [0.5, 0.6) is 5.75 Å². The van der Waals surface area contributed by atoms with Gasteiger partial charge >= 0.3 is 6.18 Å². The lowest BCUT2D eigenvalue weighted by atomic mass is 10.2. The van der Waals surface area contributed by atoms with Gasteiger partial charge in [-0.05, 0) is 54.6 Å². The fourth-order valence-electron chi connectivity index (χ4n) is 3.07. The largest absolute Gasteiger partial charge is 0.508 e. The van der Waals surface area contributed by atoms with Gasteiger partial charge in [-0.2, -0.15) is 13.2 Å². The Kier molecular flexibility index (Phi) is 6.36. The summed E-state index contributed by atoms with van der Waals surface area (Å²) in [7, 11) is 0. The molecule has 3 aromatic carbocycles. The highest BCUT2D eigenvalue weighted by Crippen LogP contribution is 2.31. The molecule has 0 unspecified atom stereocenters. The third-order valence-electron chi connectivity index (χ3n) is 4.58. The van der Waals surface area contributed by atoms with Crippen LogP contribution in [0.25, 0.3) is 17.1 Å². The van der Waals surface area contributed by atoms with Gasteiger partial charge in [-0.15, -0.1) is 10.2 Å². The van der Waals surface area contributed by atoms with E-state index in [1.165, 1.54) is 24.3 Å². The van der Waals surface area contributed by atoms with Crippen LogP contribution in [0, 0.1) is 0 Å². The molecule has 0 saturated heterocycles. The molecule has 0 fully saturated rings. The number of phenols is 1. The monoisotopic (exact) mass is 470 g/mol. The lowest BCUT2D eigenvalue weighted by Gasteiger charge is -2.11. The molecule has 0 radical (unpaired) electrons. The number of nitrogens with zero attached hydrogens (tertiary/aromatic N) is 3. The lowest BCUT2D eigenvalue weighted by Crippen LogP contribution is -2.15. The van der Waals surface area contributed by atoms with Crippen LogP contribution in [-0.2, 0) is 11.0 Å². The second-order valence-electron chi connectivity index (χ2n) is 6.94. The van der Waals surface area contributed by atoms with Crippen LogP contribution in [-0.4, -0.2) is 31.5 Å². The van der Waals surface area contributed by atoms with Crippen molar-refractivity contribution in [2.75, 3.05) is 11.1 Å². The molecule has 2 N–H and O–H groups in total. The van der Waals surface area contributed by atoms with Crippen LogP contribution in [0.1, 0.15) is 5.56 Å². The minimum absolute atomic E-state index is 0.0599. The number of nitrogens with one attached hydrogen (secondary N) is 1. The average Bonchev–Trinajstić information content (AvgIpc) is 3.22. The van der Waals surface area contributed by atoms with Crippen molar-refractivity contribution >= 4 is 23.4 Å². The van der Waals surface area contributed by atoms with Crippen molar-refractivity contribution < 1.29 is 23.1 Å². The van der Waals surface area contributed by atoms with E-state index < -0.39 is 17.6 Å². The summed E-state index contributed by atoms with van der Waals surface area (Å²) in [5.74, 6) is 0.0667. The Morgan fingerprint density at radius 1 is 0.970 bits per heavy atom. The van der Waals surface area contributed by atoms with Crippen LogP contribution in [0.3, 0.4) is 0 Å². The number of phenolic OH excluding ortho intramolecular Hbond substituents is 1. The molecule has 168 valence electrons. The molecule has 0 bridgehead atoms. The molecule has 4 rings (SSSR count). The van der Waals surface area contributed by atoms with Gasteiger partial charge in [-0.3, -0.25) is 9.36 Å². The minimum Gasteiger partial charge on any atom is -0.508 e. The summed E-state index contributed by atoms with van der Waals surface area (Å²) in [5.41, 5.74) is 0.704. The lowest BCUT2D eigenvalue weighted by molar-refractivity contribution is -0.137. The second kappa shape index (κ2) is 9.37. The van der Waals surface area contributed by atoms with E-state index in [9.17, 15) is 23.1 Å². The summed E-state index contributed by atoms with van der Waals surface area (Å²) in [6.07, 6.45) is -4.49. The highest BCUT2D eigenvalue weighted by Gasteiger charge is 2.30. The standard InChI is InChI=1S/C23H17F3N4O2S/c24-23(25,26)16-5-4-6-17(13-16)27-20(32)14-33-22-29-28-21(15-9-11-19(31)12-10-15)30(22)18-7-2-1-3-8-18/h1-13,31H,14H2,(H,27,32). The molecule has 1 heterocycles. The summed E-state index contributed by atoms with van der Waals surface area (Å²) >= 11 is 1.10. The van der Waals surface area contributed by atoms with Gasteiger partial charge < -0.3 is 10.4 Å². The number of aromatic nitrogens is 3. The van der Waals surface area contributed by atoms with Crippen molar-refractivity contribution in [2.45, 2.75) is 11.3 Å². The first-order chi connectivity index (χ1) is 15.8. The van der Waals surface area contributed by atoms with E-state index in [1.807, 2.05) is 30.3 Å². The Morgan fingerprint density at radius 2 is 1.70 bits per heavy atom. The number of anilines is 1. The van der Waals surface area contributed by atoms with Gasteiger partial charge in [-0.25, -0.2) is 0 Å². The Bertz CT molecular complexity index is 1260. The zero-order chi connectivity index (χ0) is 23.4. The number of hydrogen-bond donors (Lipinski definition) is 2. The van der Waals surface area contributed by atoms with Crippen LogP contribution in [0.15, 0.2) is 84.0 Å². The molecular formula is C23H17F3N4O2S. The number of para-hydroxylation sites is 1. The molecule has 0 aliphatic carbocycles. The number of aromatic hydroxyl groups is 1. The Balaban J connectivity index is 1.55. The highest BCUT2D eigenvalue weighted by molar-refractivity contribution is 7.99. The molecule has 0 spiro atoms. The van der Waals surface area contributed by atoms with Crippen molar-refractivity contribution in [3.63, 3.8) is 0 Å². The fraction of sp³-hybridized carbons (Fsp3) is 0.0870. The molecule has 0 aliphatic heterocycles. The van der Waals surface area contributed by atoms with Crippen LogP contribution >= 0.6 is 11.8 Å². The van der Waals surface area contributed by atoms with E-state index in [0.717, 1.165) is 29.6 Å². The Labute approximate surface area is 191 Å². The van der Waals surface area contributed by atoms with Gasteiger partial charge in [0.25, 0.3) is 0 Å². The predicted octanol–water partition coefficient (Wildman–Crippen LogP) is 5.39. The summed E-state index contributed by atoms with van der Waals surface area (Å²) in [6, 6.07) is 20.2. The topological polar surface area (TPSA) is 80.0 Å². The number of amides is 1. The van der Waals surface area contributed by atoms with Crippen LogP contribution < -0.4 is 5.32 Å². The Hall–Kier alpha value is -3.79. The molecule has 0 atom stereocenters. The molecule has 0 aliphatic rings. The van der Waals surface area contributed by atoms with E-state index in [4.69, 9.17) is 0 Å². The summed E-state index contributed by atoms with van der Waals surface area (Å²) in [6.45, 7) is 0. The number of carbonyl (C=O) groups excluding carboxylic acids is 1. The number of alkyl halides is 3. The zero-order valence-corrected chi connectivity index (χ0v) is 17.8. The summed E-state index contributed by atoms with van der Waals surface area (Å²) in [4.78, 5) is 12.4. The van der Waals surface area contributed by atoms with E-state index in [1.54, 1.807) is 16.7 Å². The first-order valence-corrected chi connectivity index (χ1v) is 10.7. The van der Waals surface area contributed by atoms with Gasteiger partial charge in [0, 0.05) is 16.9 Å². The van der Waals surface area contributed by atoms with Crippen LogP contribution in [0.2, 0.25) is 0 Å². The van der Waals surface area contributed by atoms with Gasteiger partial charge in [0.05, 0.1) is 11.3 Å². The maximum atomic E-state index is 12.9. The SMILES string of the molecule is O=C(CSc1nnc(-c2ccc(O)cc2)n1-c1ccccc1)Nc1cccc(C(F)(F)F)c1. The molecule has 33 heavy (non-hydrogen) atoms. The molecule has 4 aromatic rings. The molecule has 1 amide bonds. The number of thioether (sulfide) groups is 1. The van der Waals surface area contributed by atoms with E-state index in [2.05, 4.69) is 15.5 Å². The summed E-state index contributed by atoms with van der Waals surface area (Å²) in [5, 5.41) is 20.9. The first kappa shape index (κ1) is 22.4. The van der Waals surface area contributed by atoms with Crippen molar-refractivity contribution in [3.8, 4) is 22.8 Å². The first-order valence-electron chi connectivity index (χ1n) is 9.71. The zero-order valence-electron chi connectivity index (χ0n) is 17.0. The number of carbonyl (C=O) groups is 1. The molecule has 10 heteroatoms. The van der Waals surface area contributed by atoms with Gasteiger partial charge in [-0.1, -0.05) is 36.0 Å². The number of halogens is 3. The maximum absolute atomic E-state index is 12.9. The molecule has 6 nitrogen and oxygen atoms in total. The molecule has 1 aromatic heterocycles. The van der Waals surface area contributed by atoms with Crippen molar-refractivity contribution in [1.82, 2.24) is 14.8 Å². The van der Waals surface area contributed by atoms with Gasteiger partial charge in [0.15, 0.2) is 11.0 Å². The molecule has 0 saturated carbocycles. The quantitative estimate of drug-likeness (QED) is 0.370. The van der Waals surface area contributed by atoms with Crippen LogP contribution in [0.4, 0.5) is 18.9 Å². The normalized spacial score (nSPS) is 11.4. The van der Waals surface area contributed by atoms with E-state index in [0.29, 0.717) is 16.5 Å². The van der Waals surface area contributed by atoms with Crippen molar-refractivity contribution in [2.24, 2.45) is 0 Å². The van der Waals surface area contributed by atoms with Gasteiger partial charge in [0.2, 0.25) is 5.91 Å².